The van der Waals surface area contributed by atoms with Gasteiger partial charge in [0, 0.05) is 19.0 Å². The van der Waals surface area contributed by atoms with Gasteiger partial charge in [0.2, 0.25) is 5.91 Å². The Balaban J connectivity index is 2.62. The lowest BCUT2D eigenvalue weighted by molar-refractivity contribution is -0.161. The van der Waals surface area contributed by atoms with Gasteiger partial charge in [0.1, 0.15) is 0 Å². The molecule has 0 saturated carbocycles. The molecule has 0 aromatic rings. The van der Waals surface area contributed by atoms with E-state index in [4.69, 9.17) is 5.11 Å². The maximum absolute atomic E-state index is 11.5. The van der Waals surface area contributed by atoms with Crippen molar-refractivity contribution in [3.05, 3.63) is 0 Å². The summed E-state index contributed by atoms with van der Waals surface area (Å²) in [5, 5.41) is 12.5. The van der Waals surface area contributed by atoms with Crippen LogP contribution < -0.4 is 0 Å². The van der Waals surface area contributed by atoms with Gasteiger partial charge in [-0.15, -0.1) is 0 Å². The zero-order valence-electron chi connectivity index (χ0n) is 8.36. The van der Waals surface area contributed by atoms with Gasteiger partial charge >= 0.3 is 0 Å². The SMILES string of the molecule is CC(C)N1CCCC(=O)N1CCO. The molecule has 0 radical (unpaired) electrons. The second-order valence-corrected chi connectivity index (χ2v) is 3.60. The van der Waals surface area contributed by atoms with E-state index in [-0.39, 0.29) is 12.5 Å². The van der Waals surface area contributed by atoms with E-state index >= 15 is 0 Å². The fourth-order valence-electron chi connectivity index (χ4n) is 1.67. The van der Waals surface area contributed by atoms with Crippen molar-refractivity contribution in [3.8, 4) is 0 Å². The highest BCUT2D eigenvalue weighted by atomic mass is 16.3. The largest absolute Gasteiger partial charge is 0.394 e. The van der Waals surface area contributed by atoms with Crippen LogP contribution >= 0.6 is 0 Å². The standard InChI is InChI=1S/C9H18N2O2/c1-8(2)10-5-3-4-9(13)11(10)6-7-12/h8,12H,3-7H2,1-2H3. The van der Waals surface area contributed by atoms with Crippen molar-refractivity contribution in [1.82, 2.24) is 10.0 Å². The highest BCUT2D eigenvalue weighted by Gasteiger charge is 2.26. The number of nitrogens with zero attached hydrogens (tertiary/aromatic N) is 2. The minimum absolute atomic E-state index is 0.0367. The first kappa shape index (κ1) is 10.5. The maximum atomic E-state index is 11.5. The molecule has 1 N–H and O–H groups in total. The van der Waals surface area contributed by atoms with Gasteiger partial charge in [0.25, 0.3) is 0 Å². The first-order chi connectivity index (χ1) is 6.16. The van der Waals surface area contributed by atoms with E-state index in [0.717, 1.165) is 13.0 Å². The van der Waals surface area contributed by atoms with Crippen LogP contribution in [0.15, 0.2) is 0 Å². The summed E-state index contributed by atoms with van der Waals surface area (Å²) in [5.41, 5.74) is 0. The van der Waals surface area contributed by atoms with Crippen molar-refractivity contribution in [2.24, 2.45) is 0 Å². The van der Waals surface area contributed by atoms with Crippen molar-refractivity contribution in [1.29, 1.82) is 0 Å². The zero-order chi connectivity index (χ0) is 9.84. The first-order valence-electron chi connectivity index (χ1n) is 4.84. The van der Waals surface area contributed by atoms with Crippen molar-refractivity contribution >= 4 is 5.91 Å². The van der Waals surface area contributed by atoms with Crippen molar-refractivity contribution in [2.75, 3.05) is 19.7 Å². The van der Waals surface area contributed by atoms with E-state index in [1.807, 2.05) is 5.01 Å². The molecule has 1 heterocycles. The summed E-state index contributed by atoms with van der Waals surface area (Å²) in [6, 6.07) is 0.329. The fraction of sp³-hybridized carbons (Fsp3) is 0.889. The molecular weight excluding hydrogens is 168 g/mol. The van der Waals surface area contributed by atoms with E-state index < -0.39 is 0 Å². The summed E-state index contributed by atoms with van der Waals surface area (Å²) in [5.74, 6) is 0.133. The number of rotatable bonds is 3. The number of carbonyl (C=O) groups is 1. The molecule has 1 saturated heterocycles. The summed E-state index contributed by atoms with van der Waals surface area (Å²) in [6.45, 7) is 5.50. The molecule has 0 aromatic carbocycles. The molecule has 4 heteroatoms. The van der Waals surface area contributed by atoms with E-state index in [0.29, 0.717) is 19.0 Å². The number of carbonyl (C=O) groups excluding carboxylic acids is 1. The molecule has 0 atom stereocenters. The second kappa shape index (κ2) is 4.58. The molecule has 0 unspecified atom stereocenters. The third-order valence-corrected chi connectivity index (χ3v) is 2.28. The fourth-order valence-corrected chi connectivity index (χ4v) is 1.67. The second-order valence-electron chi connectivity index (χ2n) is 3.60. The third kappa shape index (κ3) is 2.42. The van der Waals surface area contributed by atoms with Crippen molar-refractivity contribution in [3.63, 3.8) is 0 Å². The average Bonchev–Trinajstić information content (AvgIpc) is 2.08. The van der Waals surface area contributed by atoms with Crippen LogP contribution in [0.3, 0.4) is 0 Å². The van der Waals surface area contributed by atoms with Crippen molar-refractivity contribution in [2.45, 2.75) is 32.7 Å². The van der Waals surface area contributed by atoms with Crippen LogP contribution in [0, 0.1) is 0 Å². The Labute approximate surface area is 79.1 Å². The van der Waals surface area contributed by atoms with Gasteiger partial charge in [-0.3, -0.25) is 9.80 Å². The monoisotopic (exact) mass is 186 g/mol. The molecule has 0 spiro atoms. The number of aliphatic hydroxyl groups excluding tert-OH is 1. The Bertz CT molecular complexity index is 182. The predicted molar refractivity (Wildman–Crippen MR) is 49.9 cm³/mol. The smallest absolute Gasteiger partial charge is 0.236 e. The molecule has 0 bridgehead atoms. The Hall–Kier alpha value is -0.610. The number of aliphatic hydroxyl groups is 1. The predicted octanol–water partition coefficient (Wildman–Crippen LogP) is 0.226. The summed E-state index contributed by atoms with van der Waals surface area (Å²) in [4.78, 5) is 11.5. The van der Waals surface area contributed by atoms with Crippen LogP contribution in [0.4, 0.5) is 0 Å². The molecule has 76 valence electrons. The molecule has 1 aliphatic heterocycles. The normalized spacial score (nSPS) is 20.0. The highest BCUT2D eigenvalue weighted by molar-refractivity contribution is 5.76. The first-order valence-corrected chi connectivity index (χ1v) is 4.84. The molecule has 0 aromatic heterocycles. The maximum Gasteiger partial charge on any atom is 0.236 e. The van der Waals surface area contributed by atoms with Crippen LogP contribution in [0.25, 0.3) is 0 Å². The van der Waals surface area contributed by atoms with Crippen LogP contribution in [0.2, 0.25) is 0 Å². The average molecular weight is 186 g/mol. The molecule has 1 aliphatic rings. The number of hydrogen-bond acceptors (Lipinski definition) is 3. The van der Waals surface area contributed by atoms with Gasteiger partial charge < -0.3 is 5.11 Å². The van der Waals surface area contributed by atoms with E-state index in [1.165, 1.54) is 0 Å². The van der Waals surface area contributed by atoms with Gasteiger partial charge in [-0.05, 0) is 20.3 Å². The van der Waals surface area contributed by atoms with Crippen LogP contribution in [0.1, 0.15) is 26.7 Å². The molecule has 4 nitrogen and oxygen atoms in total. The molecule has 1 amide bonds. The van der Waals surface area contributed by atoms with Crippen LogP contribution in [-0.2, 0) is 4.79 Å². The zero-order valence-corrected chi connectivity index (χ0v) is 8.36. The van der Waals surface area contributed by atoms with E-state index in [9.17, 15) is 4.79 Å². The minimum atomic E-state index is 0.0367. The number of amides is 1. The summed E-state index contributed by atoms with van der Waals surface area (Å²) >= 11 is 0. The molecule has 0 aliphatic carbocycles. The quantitative estimate of drug-likeness (QED) is 0.686. The van der Waals surface area contributed by atoms with Gasteiger partial charge in [-0.25, -0.2) is 5.01 Å². The lowest BCUT2D eigenvalue weighted by atomic mass is 10.2. The Morgan fingerprint density at radius 1 is 1.54 bits per heavy atom. The van der Waals surface area contributed by atoms with Gasteiger partial charge in [-0.1, -0.05) is 0 Å². The number of β-amino-alcohol motifs (C(OH)–C–C–N with tert-alkyl or cyclic N) is 1. The number of hydrogen-bond donors (Lipinski definition) is 1. The molecule has 1 fully saturated rings. The van der Waals surface area contributed by atoms with Gasteiger partial charge in [0.05, 0.1) is 13.2 Å². The Kier molecular flexibility index (Phi) is 3.69. The van der Waals surface area contributed by atoms with E-state index in [1.54, 1.807) is 5.01 Å². The molecular formula is C9H18N2O2. The topological polar surface area (TPSA) is 43.8 Å². The molecule has 1 rings (SSSR count). The molecule has 13 heavy (non-hydrogen) atoms. The lowest BCUT2D eigenvalue weighted by Crippen LogP contribution is -2.54. The van der Waals surface area contributed by atoms with Gasteiger partial charge in [0.15, 0.2) is 0 Å². The highest BCUT2D eigenvalue weighted by Crippen LogP contribution is 2.14. The summed E-state index contributed by atoms with van der Waals surface area (Å²) < 4.78 is 0. The lowest BCUT2D eigenvalue weighted by Gasteiger charge is -2.40. The minimum Gasteiger partial charge on any atom is -0.394 e. The van der Waals surface area contributed by atoms with Gasteiger partial charge in [-0.2, -0.15) is 0 Å². The third-order valence-electron chi connectivity index (χ3n) is 2.28. The van der Waals surface area contributed by atoms with E-state index in [2.05, 4.69) is 13.8 Å². The van der Waals surface area contributed by atoms with Crippen molar-refractivity contribution < 1.29 is 9.90 Å². The van der Waals surface area contributed by atoms with Crippen LogP contribution in [-0.4, -0.2) is 46.8 Å². The summed E-state index contributed by atoms with van der Waals surface area (Å²) in [7, 11) is 0. The summed E-state index contributed by atoms with van der Waals surface area (Å²) in [6.07, 6.45) is 1.54. The van der Waals surface area contributed by atoms with Crippen LogP contribution in [0.5, 0.6) is 0 Å². The Morgan fingerprint density at radius 2 is 2.23 bits per heavy atom. The Morgan fingerprint density at radius 3 is 2.77 bits per heavy atom. The number of hydrazine groups is 1.